The average molecular weight is 458 g/mol. The second-order valence-electron chi connectivity index (χ2n) is 7.91. The molecule has 14 atom stereocenters. The van der Waals surface area contributed by atoms with Crippen molar-refractivity contribution in [2.45, 2.75) is 92.9 Å². The third kappa shape index (κ3) is 5.18. The van der Waals surface area contributed by atoms with Crippen LogP contribution in [0, 0.1) is 0 Å². The number of hydrogen-bond acceptors (Lipinski definition) is 14. The van der Waals surface area contributed by atoms with Gasteiger partial charge in [0.15, 0.2) is 18.9 Å². The predicted octanol–water partition coefficient (Wildman–Crippen LogP) is -5.91. The molecule has 3 rings (SSSR count). The molecule has 3 aliphatic rings. The lowest BCUT2D eigenvalue weighted by Gasteiger charge is -2.45. The Hall–Kier alpha value is -0.560. The first-order chi connectivity index (χ1) is 14.5. The van der Waals surface area contributed by atoms with Gasteiger partial charge in [-0.3, -0.25) is 0 Å². The molecule has 0 aromatic carbocycles. The Bertz CT molecular complexity index is 581. The van der Waals surface area contributed by atoms with Crippen LogP contribution in [0.4, 0.5) is 0 Å². The van der Waals surface area contributed by atoms with Gasteiger partial charge in [0.1, 0.15) is 61.0 Å². The van der Waals surface area contributed by atoms with Crippen LogP contribution in [0.15, 0.2) is 0 Å². The van der Waals surface area contributed by atoms with Gasteiger partial charge < -0.3 is 69.6 Å². The third-order valence-electron chi connectivity index (χ3n) is 5.64. The molecule has 3 aliphatic heterocycles. The molecule has 0 saturated carbocycles. The van der Waals surface area contributed by atoms with E-state index in [1.807, 2.05) is 0 Å². The summed E-state index contributed by atoms with van der Waals surface area (Å²) in [5.41, 5.74) is 0. The lowest BCUT2D eigenvalue weighted by atomic mass is 9.98. The molecule has 0 radical (unpaired) electrons. The maximum atomic E-state index is 10.3. The van der Waals surface area contributed by atoms with Crippen molar-refractivity contribution < 1.29 is 69.6 Å². The fraction of sp³-hybridized carbons (Fsp3) is 1.00. The zero-order chi connectivity index (χ0) is 23.0. The van der Waals surface area contributed by atoms with Crippen LogP contribution < -0.4 is 0 Å². The minimum atomic E-state index is -1.82. The number of ether oxygens (including phenoxy) is 5. The van der Waals surface area contributed by atoms with E-state index in [0.29, 0.717) is 0 Å². The SMILES string of the molecule is C[C@@H]1O[C@@H](OC[C@H]2O[C@@H](O)[C@H](O)[C@@H](O)[C@@H]2O[C@@H]2OC[C@@H](O)[C@H](O)[C@H]2O)[C@H](O)[C@H](O)[C@H]1O. The Labute approximate surface area is 176 Å². The minimum Gasteiger partial charge on any atom is -0.388 e. The van der Waals surface area contributed by atoms with E-state index in [9.17, 15) is 46.0 Å². The van der Waals surface area contributed by atoms with Gasteiger partial charge in [0.05, 0.1) is 19.3 Å². The first-order valence-electron chi connectivity index (χ1n) is 9.85. The van der Waals surface area contributed by atoms with E-state index in [1.54, 1.807) is 0 Å². The fourth-order valence-electron chi connectivity index (χ4n) is 3.62. The second kappa shape index (κ2) is 10.1. The van der Waals surface area contributed by atoms with E-state index >= 15 is 0 Å². The first kappa shape index (κ1) is 25.1. The Balaban J connectivity index is 1.68. The lowest BCUT2D eigenvalue weighted by molar-refractivity contribution is -0.353. The van der Waals surface area contributed by atoms with Crippen molar-refractivity contribution >= 4 is 0 Å². The Morgan fingerprint density at radius 3 is 2.03 bits per heavy atom. The highest BCUT2D eigenvalue weighted by atomic mass is 16.7. The Morgan fingerprint density at radius 1 is 0.710 bits per heavy atom. The van der Waals surface area contributed by atoms with Gasteiger partial charge in [-0.05, 0) is 6.92 Å². The highest BCUT2D eigenvalue weighted by Gasteiger charge is 2.49. The van der Waals surface area contributed by atoms with Crippen LogP contribution >= 0.6 is 0 Å². The fourth-order valence-corrected chi connectivity index (χ4v) is 3.62. The second-order valence-corrected chi connectivity index (χ2v) is 7.91. The van der Waals surface area contributed by atoms with E-state index < -0.39 is 92.6 Å². The molecule has 3 heterocycles. The van der Waals surface area contributed by atoms with Crippen LogP contribution in [0.5, 0.6) is 0 Å². The molecule has 0 spiro atoms. The molecule has 0 amide bonds. The van der Waals surface area contributed by atoms with Gasteiger partial charge in [-0.15, -0.1) is 0 Å². The summed E-state index contributed by atoms with van der Waals surface area (Å²) in [5.74, 6) is 0. The maximum absolute atomic E-state index is 10.3. The summed E-state index contributed by atoms with van der Waals surface area (Å²) in [4.78, 5) is 0. The van der Waals surface area contributed by atoms with Crippen LogP contribution in [0.3, 0.4) is 0 Å². The monoisotopic (exact) mass is 458 g/mol. The molecular formula is C17H30O14. The van der Waals surface area contributed by atoms with Crippen molar-refractivity contribution in [3.05, 3.63) is 0 Å². The zero-order valence-electron chi connectivity index (χ0n) is 16.6. The Morgan fingerprint density at radius 2 is 1.35 bits per heavy atom. The molecule has 14 heteroatoms. The van der Waals surface area contributed by atoms with Crippen molar-refractivity contribution in [3.63, 3.8) is 0 Å². The molecule has 182 valence electrons. The molecular weight excluding hydrogens is 428 g/mol. The third-order valence-corrected chi connectivity index (χ3v) is 5.64. The van der Waals surface area contributed by atoms with Crippen LogP contribution in [0.1, 0.15) is 6.92 Å². The van der Waals surface area contributed by atoms with Crippen molar-refractivity contribution in [1.82, 2.24) is 0 Å². The summed E-state index contributed by atoms with van der Waals surface area (Å²) in [6.45, 7) is 0.584. The van der Waals surface area contributed by atoms with Gasteiger partial charge >= 0.3 is 0 Å². The summed E-state index contributed by atoms with van der Waals surface area (Å²) >= 11 is 0. The zero-order valence-corrected chi connectivity index (χ0v) is 16.6. The summed E-state index contributed by atoms with van der Waals surface area (Å²) in [6.07, 6.45) is -21.0. The van der Waals surface area contributed by atoms with Gasteiger partial charge in [-0.2, -0.15) is 0 Å². The summed E-state index contributed by atoms with van der Waals surface area (Å²) in [7, 11) is 0. The number of aliphatic hydroxyl groups is 9. The van der Waals surface area contributed by atoms with Gasteiger partial charge in [0.2, 0.25) is 0 Å². The standard InChI is InChI=1S/C17H30O14/c1-4-7(19)9(21)13(25)16(29-4)28-3-6-14(10(22)11(23)15(26)30-6)31-17-12(24)8(20)5(18)2-27-17/h4-26H,2-3H2,1H3/t4-,5+,6+,7-,8-,9+,10+,11+,12+,13+,14+,15+,16+,17-/m0/s1. The van der Waals surface area contributed by atoms with Crippen molar-refractivity contribution in [2.75, 3.05) is 13.2 Å². The van der Waals surface area contributed by atoms with E-state index in [2.05, 4.69) is 0 Å². The molecule has 31 heavy (non-hydrogen) atoms. The number of hydrogen-bond donors (Lipinski definition) is 9. The normalized spacial score (nSPS) is 54.0. The maximum Gasteiger partial charge on any atom is 0.186 e. The van der Waals surface area contributed by atoms with E-state index in [0.717, 1.165) is 0 Å². The highest BCUT2D eigenvalue weighted by Crippen LogP contribution is 2.28. The molecule has 0 unspecified atom stereocenters. The van der Waals surface area contributed by atoms with Crippen LogP contribution in [-0.4, -0.2) is 145 Å². The smallest absolute Gasteiger partial charge is 0.186 e. The van der Waals surface area contributed by atoms with Crippen LogP contribution in [0.25, 0.3) is 0 Å². The van der Waals surface area contributed by atoms with Crippen molar-refractivity contribution in [3.8, 4) is 0 Å². The lowest BCUT2D eigenvalue weighted by Crippen LogP contribution is -2.63. The predicted molar refractivity (Wildman–Crippen MR) is 93.8 cm³/mol. The van der Waals surface area contributed by atoms with Gasteiger partial charge in [0, 0.05) is 0 Å². The molecule has 0 aromatic rings. The average Bonchev–Trinajstić information content (AvgIpc) is 2.74. The van der Waals surface area contributed by atoms with E-state index in [1.165, 1.54) is 6.92 Å². The highest BCUT2D eigenvalue weighted by molar-refractivity contribution is 4.93. The molecule has 0 aromatic heterocycles. The molecule has 3 fully saturated rings. The van der Waals surface area contributed by atoms with Crippen molar-refractivity contribution in [2.24, 2.45) is 0 Å². The molecule has 14 nitrogen and oxygen atoms in total. The summed E-state index contributed by atoms with van der Waals surface area (Å²) in [6, 6.07) is 0. The number of aliphatic hydroxyl groups excluding tert-OH is 9. The molecule has 9 N–H and O–H groups in total. The summed E-state index contributed by atoms with van der Waals surface area (Å²) < 4.78 is 26.5. The van der Waals surface area contributed by atoms with Gasteiger partial charge in [-0.1, -0.05) is 0 Å². The van der Waals surface area contributed by atoms with E-state index in [4.69, 9.17) is 23.7 Å². The quantitative estimate of drug-likeness (QED) is 0.187. The molecule has 0 aliphatic carbocycles. The van der Waals surface area contributed by atoms with Gasteiger partial charge in [-0.25, -0.2) is 0 Å². The van der Waals surface area contributed by atoms with Crippen LogP contribution in [-0.2, 0) is 23.7 Å². The van der Waals surface area contributed by atoms with Crippen LogP contribution in [0.2, 0.25) is 0 Å². The van der Waals surface area contributed by atoms with Gasteiger partial charge in [0.25, 0.3) is 0 Å². The van der Waals surface area contributed by atoms with Crippen molar-refractivity contribution in [1.29, 1.82) is 0 Å². The minimum absolute atomic E-state index is 0.376. The summed E-state index contributed by atoms with van der Waals surface area (Å²) in [5, 5.41) is 89.1. The molecule has 3 saturated heterocycles. The first-order valence-corrected chi connectivity index (χ1v) is 9.85. The van der Waals surface area contributed by atoms with E-state index in [-0.39, 0.29) is 6.61 Å². The number of rotatable bonds is 5. The topological polar surface area (TPSA) is 228 Å². The molecule has 0 bridgehead atoms. The Kier molecular flexibility index (Phi) is 8.21. The largest absolute Gasteiger partial charge is 0.388 e.